The van der Waals surface area contributed by atoms with Crippen LogP contribution in [0.15, 0.2) is 41.3 Å². The van der Waals surface area contributed by atoms with E-state index < -0.39 is 0 Å². The fourth-order valence-electron chi connectivity index (χ4n) is 1.50. The molecule has 0 unspecified atom stereocenters. The third-order valence-corrected chi connectivity index (χ3v) is 2.30. The van der Waals surface area contributed by atoms with Gasteiger partial charge in [0, 0.05) is 18.8 Å². The molecule has 15 heavy (non-hydrogen) atoms. The van der Waals surface area contributed by atoms with Crippen molar-refractivity contribution in [1.82, 2.24) is 9.55 Å². The van der Waals surface area contributed by atoms with Gasteiger partial charge in [-0.05, 0) is 6.92 Å². The van der Waals surface area contributed by atoms with Crippen molar-refractivity contribution in [1.29, 1.82) is 0 Å². The summed E-state index contributed by atoms with van der Waals surface area (Å²) in [4.78, 5) is 15.7. The summed E-state index contributed by atoms with van der Waals surface area (Å²) in [6.07, 6.45) is 1.75. The first kappa shape index (κ1) is 9.65. The van der Waals surface area contributed by atoms with E-state index in [2.05, 4.69) is 4.98 Å². The van der Waals surface area contributed by atoms with Crippen LogP contribution in [0.3, 0.4) is 0 Å². The van der Waals surface area contributed by atoms with Crippen molar-refractivity contribution in [2.75, 3.05) is 0 Å². The molecule has 1 heterocycles. The van der Waals surface area contributed by atoms with Crippen LogP contribution in [-0.4, -0.2) is 9.55 Å². The van der Waals surface area contributed by atoms with Gasteiger partial charge >= 0.3 is 0 Å². The maximum atomic E-state index is 11.5. The summed E-state index contributed by atoms with van der Waals surface area (Å²) in [6, 6.07) is 9.83. The Kier molecular flexibility index (Phi) is 2.37. The van der Waals surface area contributed by atoms with Crippen molar-refractivity contribution < 1.29 is 0 Å². The van der Waals surface area contributed by atoms with Crippen molar-refractivity contribution in [3.05, 3.63) is 52.6 Å². The van der Waals surface area contributed by atoms with E-state index >= 15 is 0 Å². The Morgan fingerprint density at radius 1 is 1.20 bits per heavy atom. The van der Waals surface area contributed by atoms with Crippen LogP contribution in [0.4, 0.5) is 0 Å². The summed E-state index contributed by atoms with van der Waals surface area (Å²) in [5, 5.41) is 0. The maximum Gasteiger partial charge on any atom is 0.271 e. The van der Waals surface area contributed by atoms with Crippen molar-refractivity contribution in [3.63, 3.8) is 0 Å². The fourth-order valence-corrected chi connectivity index (χ4v) is 1.50. The van der Waals surface area contributed by atoms with Gasteiger partial charge in [-0.1, -0.05) is 30.3 Å². The van der Waals surface area contributed by atoms with Crippen molar-refractivity contribution in [2.24, 2.45) is 7.05 Å². The Labute approximate surface area is 88.0 Å². The highest BCUT2D eigenvalue weighted by Gasteiger charge is 2.03. The zero-order valence-corrected chi connectivity index (χ0v) is 8.77. The Balaban J connectivity index is 2.61. The van der Waals surface area contributed by atoms with Crippen LogP contribution < -0.4 is 5.56 Å². The smallest absolute Gasteiger partial charge is 0.271 e. The van der Waals surface area contributed by atoms with E-state index in [4.69, 9.17) is 0 Å². The largest absolute Gasteiger partial charge is 0.315 e. The zero-order valence-electron chi connectivity index (χ0n) is 8.77. The monoisotopic (exact) mass is 200 g/mol. The van der Waals surface area contributed by atoms with Gasteiger partial charge in [0.05, 0.1) is 5.69 Å². The fraction of sp³-hybridized carbons (Fsp3) is 0.167. The molecule has 3 heteroatoms. The molecule has 2 aromatic rings. The first-order valence-corrected chi connectivity index (χ1v) is 4.78. The van der Waals surface area contributed by atoms with E-state index in [1.165, 1.54) is 0 Å². The first-order valence-electron chi connectivity index (χ1n) is 4.78. The number of nitrogens with zero attached hydrogens (tertiary/aromatic N) is 2. The lowest BCUT2D eigenvalue weighted by Crippen LogP contribution is -2.20. The van der Waals surface area contributed by atoms with Crippen LogP contribution in [0.25, 0.3) is 11.3 Å². The second-order valence-electron chi connectivity index (χ2n) is 3.49. The summed E-state index contributed by atoms with van der Waals surface area (Å²) in [5.74, 6) is 0. The number of aryl methyl sites for hydroxylation is 2. The topological polar surface area (TPSA) is 34.9 Å². The number of aromatic nitrogens is 2. The predicted molar refractivity (Wildman–Crippen MR) is 59.7 cm³/mol. The summed E-state index contributed by atoms with van der Waals surface area (Å²) in [5.41, 5.74) is 2.33. The Bertz CT molecular complexity index is 503. The number of rotatable bonds is 1. The molecule has 0 aliphatic rings. The van der Waals surface area contributed by atoms with E-state index in [-0.39, 0.29) is 5.56 Å². The summed E-state index contributed by atoms with van der Waals surface area (Å²) >= 11 is 0. The van der Waals surface area contributed by atoms with Gasteiger partial charge in [0.2, 0.25) is 0 Å². The van der Waals surface area contributed by atoms with Crippen LogP contribution in [-0.2, 0) is 7.05 Å². The average Bonchev–Trinajstić information content (AvgIpc) is 2.26. The van der Waals surface area contributed by atoms with E-state index in [1.54, 1.807) is 24.7 Å². The summed E-state index contributed by atoms with van der Waals surface area (Å²) < 4.78 is 1.56. The van der Waals surface area contributed by atoms with Crippen molar-refractivity contribution in [2.45, 2.75) is 6.92 Å². The third-order valence-electron chi connectivity index (χ3n) is 2.30. The first-order chi connectivity index (χ1) is 7.18. The van der Waals surface area contributed by atoms with Crippen molar-refractivity contribution in [3.8, 4) is 11.3 Å². The molecule has 3 nitrogen and oxygen atoms in total. The van der Waals surface area contributed by atoms with Crippen LogP contribution in [0.1, 0.15) is 5.69 Å². The van der Waals surface area contributed by atoms with Gasteiger partial charge in [0.1, 0.15) is 5.69 Å². The van der Waals surface area contributed by atoms with Crippen molar-refractivity contribution >= 4 is 0 Å². The highest BCUT2D eigenvalue weighted by atomic mass is 16.1. The van der Waals surface area contributed by atoms with Gasteiger partial charge in [-0.15, -0.1) is 0 Å². The minimum Gasteiger partial charge on any atom is -0.315 e. The van der Waals surface area contributed by atoms with Crippen LogP contribution in [0, 0.1) is 6.92 Å². The molecule has 0 bridgehead atoms. The molecule has 0 atom stereocenters. The quantitative estimate of drug-likeness (QED) is 0.703. The molecule has 0 saturated heterocycles. The third kappa shape index (κ3) is 1.81. The SMILES string of the molecule is Cc1nc(-c2ccccc2)cn(C)c1=O. The number of hydrogen-bond donors (Lipinski definition) is 0. The Morgan fingerprint density at radius 3 is 2.47 bits per heavy atom. The van der Waals surface area contributed by atoms with E-state index in [0.29, 0.717) is 5.69 Å². The predicted octanol–water partition coefficient (Wildman–Crippen LogP) is 1.76. The maximum absolute atomic E-state index is 11.5. The Morgan fingerprint density at radius 2 is 1.87 bits per heavy atom. The molecule has 0 aliphatic heterocycles. The molecule has 2 rings (SSSR count). The number of hydrogen-bond acceptors (Lipinski definition) is 2. The molecular weight excluding hydrogens is 188 g/mol. The summed E-state index contributed by atoms with van der Waals surface area (Å²) in [7, 11) is 1.74. The lowest BCUT2D eigenvalue weighted by atomic mass is 10.1. The highest BCUT2D eigenvalue weighted by molar-refractivity contribution is 5.57. The van der Waals surface area contributed by atoms with Crippen LogP contribution in [0.2, 0.25) is 0 Å². The second kappa shape index (κ2) is 3.69. The van der Waals surface area contributed by atoms with Crippen LogP contribution in [0.5, 0.6) is 0 Å². The Hall–Kier alpha value is -1.90. The second-order valence-corrected chi connectivity index (χ2v) is 3.49. The van der Waals surface area contributed by atoms with Gasteiger partial charge in [0.25, 0.3) is 5.56 Å². The molecule has 0 spiro atoms. The molecular formula is C12H12N2O. The van der Waals surface area contributed by atoms with Gasteiger partial charge in [-0.3, -0.25) is 4.79 Å². The van der Waals surface area contributed by atoms with Gasteiger partial charge in [-0.25, -0.2) is 4.98 Å². The molecule has 0 saturated carbocycles. The van der Waals surface area contributed by atoms with E-state index in [0.717, 1.165) is 11.3 Å². The molecule has 0 aliphatic carbocycles. The number of benzene rings is 1. The lowest BCUT2D eigenvalue weighted by molar-refractivity contribution is 0.826. The van der Waals surface area contributed by atoms with Crippen LogP contribution >= 0.6 is 0 Å². The summed E-state index contributed by atoms with van der Waals surface area (Å²) in [6.45, 7) is 1.73. The lowest BCUT2D eigenvalue weighted by Gasteiger charge is -2.04. The van der Waals surface area contributed by atoms with Gasteiger partial charge in [0.15, 0.2) is 0 Å². The van der Waals surface area contributed by atoms with E-state index in [1.807, 2.05) is 30.3 Å². The molecule has 0 amide bonds. The molecule has 1 aromatic carbocycles. The minimum absolute atomic E-state index is 0.0466. The average molecular weight is 200 g/mol. The normalized spacial score (nSPS) is 10.3. The highest BCUT2D eigenvalue weighted by Crippen LogP contribution is 2.14. The van der Waals surface area contributed by atoms with Gasteiger partial charge in [-0.2, -0.15) is 0 Å². The van der Waals surface area contributed by atoms with E-state index in [9.17, 15) is 4.79 Å². The zero-order chi connectivity index (χ0) is 10.8. The molecule has 0 N–H and O–H groups in total. The van der Waals surface area contributed by atoms with Gasteiger partial charge < -0.3 is 4.57 Å². The molecule has 1 aromatic heterocycles. The molecule has 76 valence electrons. The minimum atomic E-state index is -0.0466. The molecule has 0 fully saturated rings. The molecule has 0 radical (unpaired) electrons. The standard InChI is InChI=1S/C12H12N2O/c1-9-12(15)14(2)8-11(13-9)10-6-4-3-5-7-10/h3-8H,1-2H3.